The molecule has 0 heterocycles. The normalized spacial score (nSPS) is 11.6. The molecule has 0 fully saturated rings. The number of hydrogen-bond acceptors (Lipinski definition) is 4. The SMILES string of the molecule is CS(=O)(=O)N(CC(=O)Nc1ccccc1C(=O)NCCc1ccccc1)c1cc(C(F)(F)F)ccc1Cl. The summed E-state index contributed by atoms with van der Waals surface area (Å²) < 4.78 is 64.8. The van der Waals surface area contributed by atoms with Gasteiger partial charge < -0.3 is 10.6 Å². The lowest BCUT2D eigenvalue weighted by atomic mass is 10.1. The van der Waals surface area contributed by atoms with E-state index in [1.807, 2.05) is 30.3 Å². The number of nitrogens with zero attached hydrogens (tertiary/aromatic N) is 1. The highest BCUT2D eigenvalue weighted by Gasteiger charge is 2.33. The van der Waals surface area contributed by atoms with Gasteiger partial charge in [-0.05, 0) is 42.3 Å². The summed E-state index contributed by atoms with van der Waals surface area (Å²) in [7, 11) is -4.21. The van der Waals surface area contributed by atoms with Crippen LogP contribution in [0.5, 0.6) is 0 Å². The molecule has 0 unspecified atom stereocenters. The van der Waals surface area contributed by atoms with E-state index >= 15 is 0 Å². The Bertz CT molecular complexity index is 1380. The summed E-state index contributed by atoms with van der Waals surface area (Å²) in [4.78, 5) is 25.5. The van der Waals surface area contributed by atoms with Crippen molar-refractivity contribution in [3.63, 3.8) is 0 Å². The summed E-state index contributed by atoms with van der Waals surface area (Å²) in [5.74, 6) is -1.35. The number of carbonyl (C=O) groups is 2. The minimum absolute atomic E-state index is 0.105. The number of para-hydroxylation sites is 1. The molecule has 0 aliphatic carbocycles. The second-order valence-electron chi connectivity index (χ2n) is 8.02. The molecule has 3 aromatic carbocycles. The molecule has 0 aliphatic heterocycles. The molecule has 37 heavy (non-hydrogen) atoms. The average molecular weight is 554 g/mol. The highest BCUT2D eigenvalue weighted by atomic mass is 35.5. The zero-order valence-electron chi connectivity index (χ0n) is 19.5. The van der Waals surface area contributed by atoms with Gasteiger partial charge in [0.15, 0.2) is 0 Å². The summed E-state index contributed by atoms with van der Waals surface area (Å²) in [6.07, 6.45) is -3.43. The van der Waals surface area contributed by atoms with Gasteiger partial charge in [0, 0.05) is 6.54 Å². The smallest absolute Gasteiger partial charge is 0.352 e. The van der Waals surface area contributed by atoms with Crippen molar-refractivity contribution >= 4 is 44.8 Å². The quantitative estimate of drug-likeness (QED) is 0.400. The molecule has 0 bridgehead atoms. The van der Waals surface area contributed by atoms with E-state index in [0.717, 1.165) is 17.9 Å². The van der Waals surface area contributed by atoms with Crippen LogP contribution < -0.4 is 14.9 Å². The molecular formula is C25H23ClF3N3O4S. The van der Waals surface area contributed by atoms with Crippen molar-refractivity contribution in [3.8, 4) is 0 Å². The number of alkyl halides is 3. The highest BCUT2D eigenvalue weighted by Crippen LogP contribution is 2.36. The molecule has 0 atom stereocenters. The van der Waals surface area contributed by atoms with Crippen LogP contribution in [0.3, 0.4) is 0 Å². The van der Waals surface area contributed by atoms with Crippen molar-refractivity contribution in [2.75, 3.05) is 29.0 Å². The van der Waals surface area contributed by atoms with Gasteiger partial charge >= 0.3 is 6.18 Å². The Morgan fingerprint density at radius 3 is 2.27 bits per heavy atom. The molecule has 3 rings (SSSR count). The average Bonchev–Trinajstić information content (AvgIpc) is 2.82. The van der Waals surface area contributed by atoms with E-state index in [9.17, 15) is 31.2 Å². The molecule has 12 heteroatoms. The van der Waals surface area contributed by atoms with Gasteiger partial charge in [0.25, 0.3) is 5.91 Å². The third kappa shape index (κ3) is 7.70. The Labute approximate surface area is 217 Å². The maximum atomic E-state index is 13.2. The van der Waals surface area contributed by atoms with E-state index in [1.54, 1.807) is 12.1 Å². The number of anilines is 2. The predicted octanol–water partition coefficient (Wildman–Crippen LogP) is 4.74. The Morgan fingerprint density at radius 1 is 0.973 bits per heavy atom. The predicted molar refractivity (Wildman–Crippen MR) is 136 cm³/mol. The molecule has 196 valence electrons. The molecule has 2 amide bonds. The van der Waals surface area contributed by atoms with E-state index in [2.05, 4.69) is 10.6 Å². The zero-order chi connectivity index (χ0) is 27.2. The molecule has 0 saturated heterocycles. The van der Waals surface area contributed by atoms with Gasteiger partial charge in [0.2, 0.25) is 15.9 Å². The number of nitrogens with one attached hydrogen (secondary N) is 2. The number of benzene rings is 3. The fourth-order valence-corrected chi connectivity index (χ4v) is 4.56. The number of amides is 2. The number of carbonyl (C=O) groups excluding carboxylic acids is 2. The summed E-state index contributed by atoms with van der Waals surface area (Å²) in [5.41, 5.74) is -0.363. The molecule has 0 radical (unpaired) electrons. The zero-order valence-corrected chi connectivity index (χ0v) is 21.1. The van der Waals surface area contributed by atoms with Crippen molar-refractivity contribution < 1.29 is 31.2 Å². The van der Waals surface area contributed by atoms with E-state index in [1.165, 1.54) is 12.1 Å². The first-order chi connectivity index (χ1) is 17.4. The van der Waals surface area contributed by atoms with Crippen LogP contribution in [0.15, 0.2) is 72.8 Å². The van der Waals surface area contributed by atoms with Crippen LogP contribution in [-0.4, -0.2) is 39.6 Å². The number of sulfonamides is 1. The lowest BCUT2D eigenvalue weighted by Gasteiger charge is -2.24. The molecular weight excluding hydrogens is 531 g/mol. The lowest BCUT2D eigenvalue weighted by Crippen LogP contribution is -2.38. The standard InChI is InChI=1S/C25H23ClF3N3O4S/c1-37(35,36)32(22-15-18(25(27,28)29)11-12-20(22)26)16-23(33)31-21-10-6-5-9-19(21)24(34)30-14-13-17-7-3-2-4-8-17/h2-12,15H,13-14,16H2,1H3,(H,30,34)(H,31,33). The Morgan fingerprint density at radius 2 is 1.62 bits per heavy atom. The van der Waals surface area contributed by atoms with Crippen LogP contribution in [0.4, 0.5) is 24.5 Å². The van der Waals surface area contributed by atoms with Gasteiger partial charge in [0.05, 0.1) is 33.8 Å². The summed E-state index contributed by atoms with van der Waals surface area (Å²) in [6.45, 7) is -0.537. The molecule has 3 aromatic rings. The number of hydrogen-bond donors (Lipinski definition) is 2. The summed E-state index contributed by atoms with van der Waals surface area (Å²) in [6, 6.07) is 17.7. The number of rotatable bonds is 9. The van der Waals surface area contributed by atoms with E-state index < -0.39 is 45.8 Å². The van der Waals surface area contributed by atoms with E-state index in [0.29, 0.717) is 29.4 Å². The maximum Gasteiger partial charge on any atom is 0.416 e. The first kappa shape index (κ1) is 28.0. The van der Waals surface area contributed by atoms with Crippen LogP contribution >= 0.6 is 11.6 Å². The van der Waals surface area contributed by atoms with E-state index in [4.69, 9.17) is 11.6 Å². The van der Waals surface area contributed by atoms with Gasteiger partial charge in [0.1, 0.15) is 6.54 Å². The minimum Gasteiger partial charge on any atom is -0.352 e. The maximum absolute atomic E-state index is 13.2. The van der Waals surface area contributed by atoms with Crippen molar-refractivity contribution in [1.29, 1.82) is 0 Å². The second kappa shape index (κ2) is 11.7. The Kier molecular flexibility index (Phi) is 8.82. The van der Waals surface area contributed by atoms with Crippen LogP contribution in [-0.2, 0) is 27.4 Å². The molecule has 7 nitrogen and oxygen atoms in total. The topological polar surface area (TPSA) is 95.6 Å². The van der Waals surface area contributed by atoms with E-state index in [-0.39, 0.29) is 16.3 Å². The van der Waals surface area contributed by atoms with Crippen molar-refractivity contribution in [2.45, 2.75) is 12.6 Å². The third-order valence-corrected chi connectivity index (χ3v) is 6.66. The Balaban J connectivity index is 1.76. The molecule has 0 aromatic heterocycles. The van der Waals surface area contributed by atoms with Crippen LogP contribution in [0, 0.1) is 0 Å². The van der Waals surface area contributed by atoms with Crippen LogP contribution in [0.2, 0.25) is 5.02 Å². The first-order valence-electron chi connectivity index (χ1n) is 10.9. The molecule has 0 spiro atoms. The molecule has 0 aliphatic rings. The fourth-order valence-electron chi connectivity index (χ4n) is 3.43. The first-order valence-corrected chi connectivity index (χ1v) is 13.1. The van der Waals surface area contributed by atoms with Crippen molar-refractivity contribution in [2.24, 2.45) is 0 Å². The third-order valence-electron chi connectivity index (χ3n) is 5.22. The molecule has 0 saturated carbocycles. The largest absolute Gasteiger partial charge is 0.416 e. The fraction of sp³-hybridized carbons (Fsp3) is 0.200. The Hall–Kier alpha value is -3.57. The lowest BCUT2D eigenvalue weighted by molar-refractivity contribution is -0.137. The minimum atomic E-state index is -4.75. The second-order valence-corrected chi connectivity index (χ2v) is 10.3. The van der Waals surface area contributed by atoms with Gasteiger partial charge in [-0.25, -0.2) is 8.42 Å². The van der Waals surface area contributed by atoms with Crippen LogP contribution in [0.1, 0.15) is 21.5 Å². The number of halogens is 4. The summed E-state index contributed by atoms with van der Waals surface area (Å²) >= 11 is 5.99. The van der Waals surface area contributed by atoms with Crippen molar-refractivity contribution in [1.82, 2.24) is 5.32 Å². The van der Waals surface area contributed by atoms with Gasteiger partial charge in [-0.3, -0.25) is 13.9 Å². The monoisotopic (exact) mass is 553 g/mol. The summed E-state index contributed by atoms with van der Waals surface area (Å²) in [5, 5.41) is 4.94. The molecule has 2 N–H and O–H groups in total. The van der Waals surface area contributed by atoms with Crippen LogP contribution in [0.25, 0.3) is 0 Å². The van der Waals surface area contributed by atoms with Crippen molar-refractivity contribution in [3.05, 3.63) is 94.5 Å². The highest BCUT2D eigenvalue weighted by molar-refractivity contribution is 7.92. The van der Waals surface area contributed by atoms with Gasteiger partial charge in [-0.2, -0.15) is 13.2 Å². The van der Waals surface area contributed by atoms with Gasteiger partial charge in [-0.1, -0.05) is 54.1 Å². The van der Waals surface area contributed by atoms with Gasteiger partial charge in [-0.15, -0.1) is 0 Å².